The molecule has 2 aromatic heterocycles. The van der Waals surface area contributed by atoms with Crippen LogP contribution in [0.15, 0.2) is 91.3 Å². The van der Waals surface area contributed by atoms with Gasteiger partial charge in [0, 0.05) is 22.4 Å². The maximum absolute atomic E-state index is 13.5. The number of benzene rings is 4. The summed E-state index contributed by atoms with van der Waals surface area (Å²) in [7, 11) is 1.65. The van der Waals surface area contributed by atoms with Crippen LogP contribution in [-0.4, -0.2) is 26.7 Å². The van der Waals surface area contributed by atoms with Crippen LogP contribution >= 0.6 is 0 Å². The van der Waals surface area contributed by atoms with E-state index in [9.17, 15) is 4.39 Å². The fourth-order valence-corrected chi connectivity index (χ4v) is 4.91. The number of hydrogen-bond donors (Lipinski definition) is 0. The van der Waals surface area contributed by atoms with Crippen LogP contribution in [-0.2, 0) is 0 Å². The highest BCUT2D eigenvalue weighted by atomic mass is 19.1. The topological polar surface area (TPSA) is 61.5 Å². The van der Waals surface area contributed by atoms with Crippen molar-refractivity contribution in [3.63, 3.8) is 0 Å². The Labute approximate surface area is 205 Å². The van der Waals surface area contributed by atoms with Gasteiger partial charge in [0.15, 0.2) is 11.5 Å². The predicted molar refractivity (Wildman–Crippen MR) is 134 cm³/mol. The van der Waals surface area contributed by atoms with Crippen LogP contribution in [0.25, 0.3) is 27.8 Å². The van der Waals surface area contributed by atoms with Crippen LogP contribution in [0.3, 0.4) is 0 Å². The Morgan fingerprint density at radius 1 is 0.917 bits per heavy atom. The molecule has 0 unspecified atom stereocenters. The molecular formula is C29H19FN4O2. The van der Waals surface area contributed by atoms with E-state index in [4.69, 9.17) is 14.5 Å². The minimum Gasteiger partial charge on any atom is -0.497 e. The van der Waals surface area contributed by atoms with Crippen molar-refractivity contribution < 1.29 is 13.9 Å². The predicted octanol–water partition coefficient (Wildman–Crippen LogP) is 6.38. The van der Waals surface area contributed by atoms with E-state index in [1.807, 2.05) is 24.3 Å². The molecule has 0 radical (unpaired) electrons. The number of fused-ring (bicyclic) bond motifs is 6. The minimum absolute atomic E-state index is 0.194. The third kappa shape index (κ3) is 3.13. The number of nitrogens with zero attached hydrogens (tertiary/aromatic N) is 4. The molecule has 0 aliphatic carbocycles. The smallest absolute Gasteiger partial charge is 0.228 e. The molecule has 1 aliphatic heterocycles. The van der Waals surface area contributed by atoms with Crippen molar-refractivity contribution in [2.45, 2.75) is 5.92 Å². The van der Waals surface area contributed by atoms with E-state index in [1.54, 1.807) is 30.1 Å². The summed E-state index contributed by atoms with van der Waals surface area (Å²) >= 11 is 0. The Kier molecular flexibility index (Phi) is 4.51. The van der Waals surface area contributed by atoms with Gasteiger partial charge >= 0.3 is 0 Å². The Bertz CT molecular complexity index is 1760. The van der Waals surface area contributed by atoms with E-state index in [0.29, 0.717) is 17.4 Å². The molecule has 0 amide bonds. The highest BCUT2D eigenvalue weighted by molar-refractivity contribution is 5.91. The van der Waals surface area contributed by atoms with Crippen LogP contribution in [0.2, 0.25) is 0 Å². The van der Waals surface area contributed by atoms with Crippen LogP contribution in [0.4, 0.5) is 4.39 Å². The van der Waals surface area contributed by atoms with Gasteiger partial charge < -0.3 is 9.47 Å². The first kappa shape index (κ1) is 20.6. The maximum atomic E-state index is 13.5. The van der Waals surface area contributed by atoms with E-state index >= 15 is 0 Å². The van der Waals surface area contributed by atoms with Crippen LogP contribution in [0.5, 0.6) is 17.4 Å². The van der Waals surface area contributed by atoms with Crippen LogP contribution < -0.4 is 9.47 Å². The molecular weight excluding hydrogens is 455 g/mol. The fourth-order valence-electron chi connectivity index (χ4n) is 4.91. The van der Waals surface area contributed by atoms with Crippen molar-refractivity contribution in [2.75, 3.05) is 7.11 Å². The third-order valence-corrected chi connectivity index (χ3v) is 6.65. The molecule has 0 spiro atoms. The van der Waals surface area contributed by atoms with Crippen molar-refractivity contribution in [2.24, 2.45) is 0 Å². The number of aromatic nitrogens is 4. The molecule has 6 nitrogen and oxygen atoms in total. The average Bonchev–Trinajstić information content (AvgIpc) is 3.37. The maximum Gasteiger partial charge on any atom is 0.228 e. The van der Waals surface area contributed by atoms with Gasteiger partial charge in [0.25, 0.3) is 0 Å². The number of halogens is 1. The lowest BCUT2D eigenvalue weighted by Gasteiger charge is -2.28. The van der Waals surface area contributed by atoms with Crippen LogP contribution in [0, 0.1) is 5.82 Å². The first-order valence-electron chi connectivity index (χ1n) is 11.5. The van der Waals surface area contributed by atoms with E-state index in [0.717, 1.165) is 44.5 Å². The van der Waals surface area contributed by atoms with Crippen LogP contribution in [0.1, 0.15) is 22.6 Å². The van der Waals surface area contributed by atoms with Gasteiger partial charge in [-0.3, -0.25) is 0 Å². The van der Waals surface area contributed by atoms with Gasteiger partial charge in [0.2, 0.25) is 5.88 Å². The van der Waals surface area contributed by atoms with Gasteiger partial charge in [-0.1, -0.05) is 48.5 Å². The molecule has 0 saturated heterocycles. The summed E-state index contributed by atoms with van der Waals surface area (Å²) < 4.78 is 27.0. The minimum atomic E-state index is -0.307. The van der Waals surface area contributed by atoms with E-state index in [1.165, 1.54) is 12.1 Å². The molecule has 1 atom stereocenters. The first-order valence-corrected chi connectivity index (χ1v) is 11.5. The lowest BCUT2D eigenvalue weighted by molar-refractivity contribution is 0.414. The molecule has 3 heterocycles. The van der Waals surface area contributed by atoms with Crippen molar-refractivity contribution in [1.82, 2.24) is 19.6 Å². The Balaban J connectivity index is 1.49. The largest absolute Gasteiger partial charge is 0.497 e. The zero-order valence-electron chi connectivity index (χ0n) is 19.2. The molecule has 0 N–H and O–H groups in total. The Hall–Kier alpha value is -4.78. The molecule has 7 heteroatoms. The second-order valence-electron chi connectivity index (χ2n) is 8.69. The molecule has 4 aromatic carbocycles. The number of ether oxygens (including phenoxy) is 2. The number of rotatable bonds is 3. The van der Waals surface area contributed by atoms with E-state index in [-0.39, 0.29) is 11.7 Å². The molecule has 7 rings (SSSR count). The summed E-state index contributed by atoms with van der Waals surface area (Å²) in [5, 5.41) is 6.74. The first-order chi connectivity index (χ1) is 17.7. The molecule has 0 saturated carbocycles. The Morgan fingerprint density at radius 2 is 1.72 bits per heavy atom. The number of hydrogen-bond acceptors (Lipinski definition) is 5. The molecule has 0 bridgehead atoms. The highest BCUT2D eigenvalue weighted by Crippen LogP contribution is 2.50. The van der Waals surface area contributed by atoms with Gasteiger partial charge in [0.1, 0.15) is 23.6 Å². The Morgan fingerprint density at radius 3 is 2.53 bits per heavy atom. The lowest BCUT2D eigenvalue weighted by Crippen LogP contribution is -2.15. The zero-order valence-corrected chi connectivity index (χ0v) is 19.2. The molecule has 6 aromatic rings. The second kappa shape index (κ2) is 7.88. The van der Waals surface area contributed by atoms with E-state index < -0.39 is 0 Å². The van der Waals surface area contributed by atoms with Crippen molar-refractivity contribution in [1.29, 1.82) is 0 Å². The summed E-state index contributed by atoms with van der Waals surface area (Å²) in [6.07, 6.45) is 1.61. The summed E-state index contributed by atoms with van der Waals surface area (Å²) in [5.41, 5.74) is 4.26. The van der Waals surface area contributed by atoms with Gasteiger partial charge in [-0.25, -0.2) is 18.9 Å². The summed E-state index contributed by atoms with van der Waals surface area (Å²) in [6.45, 7) is 0. The normalized spacial score (nSPS) is 14.3. The fraction of sp³-hybridized carbons (Fsp3) is 0.0690. The molecule has 0 fully saturated rings. The van der Waals surface area contributed by atoms with Gasteiger partial charge in [-0.15, -0.1) is 5.10 Å². The SMILES string of the molecule is COc1ccc([C@H]2c3ccc4ccccc4c3Oc3ncn4nc(-c5ccc(F)cc5)nc4c32)cc1. The number of methoxy groups -OCH3 is 1. The zero-order chi connectivity index (χ0) is 24.2. The molecule has 1 aliphatic rings. The highest BCUT2D eigenvalue weighted by Gasteiger charge is 2.34. The van der Waals surface area contributed by atoms with Gasteiger partial charge in [-0.05, 0) is 47.3 Å². The van der Waals surface area contributed by atoms with Crippen molar-refractivity contribution in [3.05, 3.63) is 114 Å². The van der Waals surface area contributed by atoms with Gasteiger partial charge in [0.05, 0.1) is 12.7 Å². The average molecular weight is 474 g/mol. The summed E-state index contributed by atoms with van der Waals surface area (Å²) in [4.78, 5) is 9.49. The quantitative estimate of drug-likeness (QED) is 0.297. The summed E-state index contributed by atoms with van der Waals surface area (Å²) in [5.74, 6) is 2.05. The third-order valence-electron chi connectivity index (χ3n) is 6.65. The molecule has 36 heavy (non-hydrogen) atoms. The van der Waals surface area contributed by atoms with E-state index in [2.05, 4.69) is 46.5 Å². The monoisotopic (exact) mass is 474 g/mol. The standard InChI is InChI=1S/C29H19FN4O2/c1-35-21-13-8-18(9-14-21)24-23-15-10-17-4-2-3-5-22(17)26(23)36-29-25(24)28-32-27(33-34(28)16-31-29)19-6-11-20(30)12-7-19/h2-16,24H,1H3/t24-/m0/s1. The summed E-state index contributed by atoms with van der Waals surface area (Å²) in [6, 6.07) is 26.5. The second-order valence-corrected chi connectivity index (χ2v) is 8.69. The molecule has 174 valence electrons. The van der Waals surface area contributed by atoms with Crippen molar-refractivity contribution in [3.8, 4) is 28.8 Å². The van der Waals surface area contributed by atoms with Crippen molar-refractivity contribution >= 4 is 16.4 Å². The lowest BCUT2D eigenvalue weighted by atomic mass is 9.83. The van der Waals surface area contributed by atoms with Gasteiger partial charge in [-0.2, -0.15) is 0 Å².